The average Bonchev–Trinajstić information content (AvgIpc) is 3.08. The van der Waals surface area contributed by atoms with Gasteiger partial charge < -0.3 is 14.9 Å². The summed E-state index contributed by atoms with van der Waals surface area (Å²) in [6.07, 6.45) is 2.91. The summed E-state index contributed by atoms with van der Waals surface area (Å²) in [5.74, 6) is -2.19. The molecule has 6 nitrogen and oxygen atoms in total. The standard InChI is InChI=1S/C21H22Cl2N2O4S/c22-12-5-6-15-16(11-12)30-18(17(15)23)20(27)25-9-7-24(8-10-25)19(26)13-3-1-2-4-14(13)21(28)29/h5-6,11,13-14H,1-4,7-10H2,(H,28,29)/t13-,14+/m1/s1. The fourth-order valence-corrected chi connectivity index (χ4v) is 6.16. The quantitative estimate of drug-likeness (QED) is 0.724. The molecule has 9 heteroatoms. The normalized spacial score (nSPS) is 22.3. The molecule has 0 radical (unpaired) electrons. The summed E-state index contributed by atoms with van der Waals surface area (Å²) in [5, 5.41) is 11.3. The van der Waals surface area contributed by atoms with Crippen LogP contribution in [0.2, 0.25) is 10.0 Å². The number of aliphatic carboxylic acids is 1. The summed E-state index contributed by atoms with van der Waals surface area (Å²) >= 11 is 13.8. The molecule has 0 spiro atoms. The van der Waals surface area contributed by atoms with E-state index in [1.54, 1.807) is 21.9 Å². The first-order valence-electron chi connectivity index (χ1n) is 10.0. The zero-order valence-corrected chi connectivity index (χ0v) is 18.6. The molecule has 0 bridgehead atoms. The van der Waals surface area contributed by atoms with Crippen LogP contribution in [0.25, 0.3) is 10.1 Å². The van der Waals surface area contributed by atoms with E-state index in [0.29, 0.717) is 53.9 Å². The molecule has 2 aliphatic rings. The van der Waals surface area contributed by atoms with Gasteiger partial charge in [0.25, 0.3) is 5.91 Å². The van der Waals surface area contributed by atoms with Gasteiger partial charge in [0.1, 0.15) is 4.88 Å². The number of piperazine rings is 1. The number of thiophene rings is 1. The fraction of sp³-hybridized carbons (Fsp3) is 0.476. The SMILES string of the molecule is O=C(O)[C@H]1CCCC[C@H]1C(=O)N1CCN(C(=O)c2sc3cc(Cl)ccc3c2Cl)CC1. The van der Waals surface area contributed by atoms with Gasteiger partial charge >= 0.3 is 5.97 Å². The number of carbonyl (C=O) groups is 3. The minimum Gasteiger partial charge on any atom is -0.481 e. The van der Waals surface area contributed by atoms with Crippen molar-refractivity contribution in [1.82, 2.24) is 9.80 Å². The van der Waals surface area contributed by atoms with Gasteiger partial charge in [0.05, 0.1) is 16.9 Å². The van der Waals surface area contributed by atoms with E-state index >= 15 is 0 Å². The lowest BCUT2D eigenvalue weighted by Gasteiger charge is -2.38. The van der Waals surface area contributed by atoms with Crippen LogP contribution in [0.3, 0.4) is 0 Å². The van der Waals surface area contributed by atoms with Gasteiger partial charge in [-0.15, -0.1) is 11.3 Å². The Kier molecular flexibility index (Phi) is 6.23. The van der Waals surface area contributed by atoms with Crippen LogP contribution in [0, 0.1) is 11.8 Å². The Labute approximate surface area is 188 Å². The topological polar surface area (TPSA) is 77.9 Å². The highest BCUT2D eigenvalue weighted by molar-refractivity contribution is 7.21. The molecule has 2 aromatic rings. The molecule has 1 saturated heterocycles. The van der Waals surface area contributed by atoms with E-state index in [4.69, 9.17) is 23.2 Å². The Bertz CT molecular complexity index is 1000. The number of fused-ring (bicyclic) bond motifs is 1. The first kappa shape index (κ1) is 21.4. The van der Waals surface area contributed by atoms with Crippen molar-refractivity contribution in [1.29, 1.82) is 0 Å². The van der Waals surface area contributed by atoms with E-state index in [-0.39, 0.29) is 11.8 Å². The Balaban J connectivity index is 1.43. The first-order valence-corrected chi connectivity index (χ1v) is 11.6. The second-order valence-electron chi connectivity index (χ2n) is 7.84. The highest BCUT2D eigenvalue weighted by atomic mass is 35.5. The molecular weight excluding hydrogens is 447 g/mol. The highest BCUT2D eigenvalue weighted by Crippen LogP contribution is 2.37. The van der Waals surface area contributed by atoms with Gasteiger partial charge in [0, 0.05) is 41.3 Å². The van der Waals surface area contributed by atoms with Crippen LogP contribution in [0.4, 0.5) is 0 Å². The fourth-order valence-electron chi connectivity index (χ4n) is 4.41. The molecule has 1 aromatic carbocycles. The molecule has 1 aliphatic heterocycles. The molecule has 1 saturated carbocycles. The van der Waals surface area contributed by atoms with Crippen LogP contribution in [-0.4, -0.2) is 58.9 Å². The van der Waals surface area contributed by atoms with Gasteiger partial charge in [-0.05, 0) is 25.0 Å². The summed E-state index contributed by atoms with van der Waals surface area (Å²) < 4.78 is 0.863. The van der Waals surface area contributed by atoms with Crippen LogP contribution in [0.15, 0.2) is 18.2 Å². The van der Waals surface area contributed by atoms with Gasteiger partial charge in [-0.3, -0.25) is 14.4 Å². The smallest absolute Gasteiger partial charge is 0.307 e. The molecule has 30 heavy (non-hydrogen) atoms. The van der Waals surface area contributed by atoms with E-state index in [2.05, 4.69) is 0 Å². The molecule has 2 amide bonds. The number of carboxylic acid groups (broad SMARTS) is 1. The van der Waals surface area contributed by atoms with Crippen LogP contribution in [0.1, 0.15) is 35.4 Å². The van der Waals surface area contributed by atoms with E-state index < -0.39 is 17.8 Å². The minimum absolute atomic E-state index is 0.0938. The second-order valence-corrected chi connectivity index (χ2v) is 9.71. The Hall–Kier alpha value is -1.83. The lowest BCUT2D eigenvalue weighted by atomic mass is 9.78. The maximum atomic E-state index is 13.0. The predicted molar refractivity (Wildman–Crippen MR) is 117 cm³/mol. The van der Waals surface area contributed by atoms with Crippen molar-refractivity contribution in [3.8, 4) is 0 Å². The second kappa shape index (κ2) is 8.73. The highest BCUT2D eigenvalue weighted by Gasteiger charge is 2.39. The van der Waals surface area contributed by atoms with Gasteiger partial charge in [-0.1, -0.05) is 42.1 Å². The van der Waals surface area contributed by atoms with Crippen LogP contribution < -0.4 is 0 Å². The number of nitrogens with zero attached hydrogens (tertiary/aromatic N) is 2. The van der Waals surface area contributed by atoms with Crippen molar-refractivity contribution in [2.75, 3.05) is 26.2 Å². The van der Waals surface area contributed by atoms with Crippen molar-refractivity contribution in [3.05, 3.63) is 33.1 Å². The van der Waals surface area contributed by atoms with Crippen molar-refractivity contribution >= 4 is 62.4 Å². The Morgan fingerprint density at radius 1 is 0.967 bits per heavy atom. The number of rotatable bonds is 3. The van der Waals surface area contributed by atoms with E-state index in [1.165, 1.54) is 11.3 Å². The molecule has 1 aliphatic carbocycles. The zero-order chi connectivity index (χ0) is 21.4. The Morgan fingerprint density at radius 2 is 1.60 bits per heavy atom. The van der Waals surface area contributed by atoms with Gasteiger partial charge in [-0.25, -0.2) is 0 Å². The van der Waals surface area contributed by atoms with Crippen molar-refractivity contribution in [2.24, 2.45) is 11.8 Å². The number of halogens is 2. The molecule has 4 rings (SSSR count). The van der Waals surface area contributed by atoms with Crippen molar-refractivity contribution < 1.29 is 19.5 Å². The molecule has 160 valence electrons. The first-order chi connectivity index (χ1) is 14.4. The molecular formula is C21H22Cl2N2O4S. The summed E-state index contributed by atoms with van der Waals surface area (Å²) in [5.41, 5.74) is 0. The molecule has 1 N–H and O–H groups in total. The van der Waals surface area contributed by atoms with Crippen molar-refractivity contribution in [3.63, 3.8) is 0 Å². The van der Waals surface area contributed by atoms with Crippen molar-refractivity contribution in [2.45, 2.75) is 25.7 Å². The van der Waals surface area contributed by atoms with Gasteiger partial charge in [0.15, 0.2) is 0 Å². The summed E-state index contributed by atoms with van der Waals surface area (Å²) in [6.45, 7) is 1.62. The monoisotopic (exact) mass is 468 g/mol. The molecule has 2 atom stereocenters. The number of hydrogen-bond donors (Lipinski definition) is 1. The van der Waals surface area contributed by atoms with Gasteiger partial charge in [-0.2, -0.15) is 0 Å². The van der Waals surface area contributed by atoms with Crippen LogP contribution in [-0.2, 0) is 9.59 Å². The Morgan fingerprint density at radius 3 is 2.27 bits per heavy atom. The van der Waals surface area contributed by atoms with Crippen LogP contribution >= 0.6 is 34.5 Å². The predicted octanol–water partition coefficient (Wildman–Crippen LogP) is 4.38. The number of amides is 2. The molecule has 2 fully saturated rings. The van der Waals surface area contributed by atoms with E-state index in [0.717, 1.165) is 22.9 Å². The molecule has 0 unspecified atom stereocenters. The van der Waals surface area contributed by atoms with E-state index in [9.17, 15) is 19.5 Å². The zero-order valence-electron chi connectivity index (χ0n) is 16.3. The van der Waals surface area contributed by atoms with Crippen LogP contribution in [0.5, 0.6) is 0 Å². The van der Waals surface area contributed by atoms with E-state index in [1.807, 2.05) is 6.07 Å². The summed E-state index contributed by atoms with van der Waals surface area (Å²) in [7, 11) is 0. The minimum atomic E-state index is -0.888. The molecule has 2 heterocycles. The average molecular weight is 469 g/mol. The van der Waals surface area contributed by atoms with Gasteiger partial charge in [0.2, 0.25) is 5.91 Å². The third-order valence-electron chi connectivity index (χ3n) is 6.06. The number of carbonyl (C=O) groups excluding carboxylic acids is 2. The third-order valence-corrected chi connectivity index (χ3v) is 7.94. The summed E-state index contributed by atoms with van der Waals surface area (Å²) in [4.78, 5) is 41.4. The number of hydrogen-bond acceptors (Lipinski definition) is 4. The number of carboxylic acids is 1. The maximum Gasteiger partial charge on any atom is 0.307 e. The number of benzene rings is 1. The summed E-state index contributed by atoms with van der Waals surface area (Å²) in [6, 6.07) is 5.35. The maximum absolute atomic E-state index is 13.0. The third kappa shape index (κ3) is 4.03. The lowest BCUT2D eigenvalue weighted by molar-refractivity contribution is -0.152. The largest absolute Gasteiger partial charge is 0.481 e. The lowest BCUT2D eigenvalue weighted by Crippen LogP contribution is -2.53. The molecule has 1 aromatic heterocycles.